The molecule has 0 spiro atoms. The minimum atomic E-state index is -0.200. The fourth-order valence-electron chi connectivity index (χ4n) is 1.75. The first-order chi connectivity index (χ1) is 7.80. The molecule has 0 amide bonds. The van der Waals surface area contributed by atoms with Crippen LogP contribution in [0.5, 0.6) is 0 Å². The molecule has 1 saturated carbocycles. The summed E-state index contributed by atoms with van der Waals surface area (Å²) >= 11 is 0. The maximum atomic E-state index is 9.05. The van der Waals surface area contributed by atoms with Gasteiger partial charge in [-0.05, 0) is 24.0 Å². The van der Waals surface area contributed by atoms with Gasteiger partial charge in [-0.15, -0.1) is 0 Å². The predicted octanol–water partition coefficient (Wildman–Crippen LogP) is 3.17. The first-order valence-corrected chi connectivity index (χ1v) is 5.36. The topological polar surface area (TPSA) is 47.6 Å². The van der Waals surface area contributed by atoms with Gasteiger partial charge in [-0.1, -0.05) is 36.4 Å². The summed E-state index contributed by atoms with van der Waals surface area (Å²) in [7, 11) is 0. The Morgan fingerprint density at radius 1 is 1.19 bits per heavy atom. The zero-order valence-electron chi connectivity index (χ0n) is 8.98. The minimum Gasteiger partial charge on any atom is -0.198 e. The monoisotopic (exact) mass is 208 g/mol. The van der Waals surface area contributed by atoms with Crippen molar-refractivity contribution in [3.8, 4) is 12.1 Å². The lowest BCUT2D eigenvalue weighted by Gasteiger charge is -2.05. The van der Waals surface area contributed by atoms with Gasteiger partial charge in [0, 0.05) is 0 Å². The smallest absolute Gasteiger partial charge is 0.0823 e. The first kappa shape index (κ1) is 10.5. The van der Waals surface area contributed by atoms with Crippen LogP contribution in [0.4, 0.5) is 0 Å². The minimum absolute atomic E-state index is 0.200. The van der Waals surface area contributed by atoms with E-state index in [1.807, 2.05) is 36.4 Å². The third-order valence-electron chi connectivity index (χ3n) is 2.95. The van der Waals surface area contributed by atoms with Crippen molar-refractivity contribution in [2.45, 2.75) is 24.7 Å². The van der Waals surface area contributed by atoms with Crippen molar-refractivity contribution in [2.75, 3.05) is 0 Å². The molecule has 1 fully saturated rings. The number of nitrogens with zero attached hydrogens (tertiary/aromatic N) is 2. The van der Waals surface area contributed by atoms with E-state index in [9.17, 15) is 0 Å². The van der Waals surface area contributed by atoms with Gasteiger partial charge in [0.1, 0.15) is 0 Å². The molecule has 0 atom stereocenters. The molecule has 2 nitrogen and oxygen atoms in total. The molecule has 0 aliphatic heterocycles. The molecule has 0 radical (unpaired) electrons. The van der Waals surface area contributed by atoms with E-state index in [1.165, 1.54) is 0 Å². The molecule has 2 rings (SSSR count). The molecule has 0 unspecified atom stereocenters. The average molecular weight is 208 g/mol. The Bertz CT molecular complexity index is 479. The maximum absolute atomic E-state index is 9.05. The standard InChI is InChI=1S/C14H12N2/c15-10-2-1-3-12-4-6-13(7-5-12)14(11-16)8-9-14/h1,3-7H,2,8-9H2. The Balaban J connectivity index is 2.12. The number of allylic oxidation sites excluding steroid dienone is 1. The number of nitriles is 2. The Morgan fingerprint density at radius 3 is 2.38 bits per heavy atom. The van der Waals surface area contributed by atoms with Gasteiger partial charge in [-0.2, -0.15) is 10.5 Å². The molecule has 1 aliphatic rings. The molecule has 0 N–H and O–H groups in total. The van der Waals surface area contributed by atoms with Gasteiger partial charge in [0.15, 0.2) is 0 Å². The van der Waals surface area contributed by atoms with E-state index >= 15 is 0 Å². The fraction of sp³-hybridized carbons (Fsp3) is 0.286. The molecule has 78 valence electrons. The number of hydrogen-bond acceptors (Lipinski definition) is 2. The van der Waals surface area contributed by atoms with Gasteiger partial charge in [-0.25, -0.2) is 0 Å². The van der Waals surface area contributed by atoms with Gasteiger partial charge >= 0.3 is 0 Å². The Hall–Kier alpha value is -2.06. The van der Waals surface area contributed by atoms with Crippen LogP contribution in [0.2, 0.25) is 0 Å². The van der Waals surface area contributed by atoms with Crippen LogP contribution < -0.4 is 0 Å². The third kappa shape index (κ3) is 1.97. The highest BCUT2D eigenvalue weighted by molar-refractivity contribution is 5.52. The molecule has 1 aromatic carbocycles. The molecule has 0 bridgehead atoms. The van der Waals surface area contributed by atoms with Crippen LogP contribution in [0, 0.1) is 22.7 Å². The molecular formula is C14H12N2. The highest BCUT2D eigenvalue weighted by Gasteiger charge is 2.44. The molecular weight excluding hydrogens is 196 g/mol. The SMILES string of the molecule is N#CCC=Cc1ccc(C2(C#N)CC2)cc1. The van der Waals surface area contributed by atoms with Crippen LogP contribution in [0.15, 0.2) is 30.3 Å². The number of rotatable bonds is 3. The lowest BCUT2D eigenvalue weighted by molar-refractivity contribution is 0.908. The maximum Gasteiger partial charge on any atom is 0.0823 e. The van der Waals surface area contributed by atoms with Crippen LogP contribution in [0.25, 0.3) is 6.08 Å². The van der Waals surface area contributed by atoms with Crippen molar-refractivity contribution >= 4 is 6.08 Å². The largest absolute Gasteiger partial charge is 0.198 e. The molecule has 0 saturated heterocycles. The summed E-state index contributed by atoms with van der Waals surface area (Å²) in [5, 5.41) is 17.5. The second-order valence-electron chi connectivity index (χ2n) is 4.08. The second kappa shape index (κ2) is 4.21. The van der Waals surface area contributed by atoms with E-state index < -0.39 is 0 Å². The van der Waals surface area contributed by atoms with Crippen LogP contribution in [0.1, 0.15) is 30.4 Å². The van der Waals surface area contributed by atoms with Crippen molar-refractivity contribution in [1.29, 1.82) is 10.5 Å². The second-order valence-corrected chi connectivity index (χ2v) is 4.08. The summed E-state index contributed by atoms with van der Waals surface area (Å²) in [4.78, 5) is 0. The average Bonchev–Trinajstić information content (AvgIpc) is 3.11. The first-order valence-electron chi connectivity index (χ1n) is 5.36. The van der Waals surface area contributed by atoms with Crippen LogP contribution in [-0.2, 0) is 5.41 Å². The summed E-state index contributed by atoms with van der Waals surface area (Å²) in [5.41, 5.74) is 2.00. The fourth-order valence-corrected chi connectivity index (χ4v) is 1.75. The quantitative estimate of drug-likeness (QED) is 0.765. The number of hydrogen-bond donors (Lipinski definition) is 0. The van der Waals surface area contributed by atoms with Crippen LogP contribution >= 0.6 is 0 Å². The van der Waals surface area contributed by atoms with Crippen molar-refractivity contribution in [2.24, 2.45) is 0 Å². The van der Waals surface area contributed by atoms with Gasteiger partial charge in [0.25, 0.3) is 0 Å². The lowest BCUT2D eigenvalue weighted by Crippen LogP contribution is -2.01. The zero-order valence-corrected chi connectivity index (χ0v) is 8.98. The lowest BCUT2D eigenvalue weighted by atomic mass is 9.96. The van der Waals surface area contributed by atoms with E-state index in [0.717, 1.165) is 24.0 Å². The summed E-state index contributed by atoms with van der Waals surface area (Å²) < 4.78 is 0. The van der Waals surface area contributed by atoms with Gasteiger partial charge < -0.3 is 0 Å². The van der Waals surface area contributed by atoms with E-state index in [4.69, 9.17) is 10.5 Å². The summed E-state index contributed by atoms with van der Waals surface area (Å²) in [6.45, 7) is 0. The summed E-state index contributed by atoms with van der Waals surface area (Å²) in [5.74, 6) is 0. The Morgan fingerprint density at radius 2 is 1.88 bits per heavy atom. The zero-order chi connectivity index (χ0) is 11.4. The van der Waals surface area contributed by atoms with Crippen LogP contribution in [0.3, 0.4) is 0 Å². The highest BCUT2D eigenvalue weighted by Crippen LogP contribution is 2.47. The van der Waals surface area contributed by atoms with Gasteiger partial charge in [0.05, 0.1) is 24.0 Å². The van der Waals surface area contributed by atoms with E-state index in [2.05, 4.69) is 12.1 Å². The van der Waals surface area contributed by atoms with E-state index in [1.54, 1.807) is 0 Å². The van der Waals surface area contributed by atoms with E-state index in [-0.39, 0.29) is 5.41 Å². The molecule has 16 heavy (non-hydrogen) atoms. The Labute approximate surface area is 95.4 Å². The van der Waals surface area contributed by atoms with Crippen molar-refractivity contribution < 1.29 is 0 Å². The molecule has 0 aromatic heterocycles. The predicted molar refractivity (Wildman–Crippen MR) is 62.2 cm³/mol. The summed E-state index contributed by atoms with van der Waals surface area (Å²) in [6, 6.07) is 12.5. The Kier molecular flexibility index (Phi) is 2.75. The molecule has 1 aromatic rings. The van der Waals surface area contributed by atoms with Crippen molar-refractivity contribution in [3.05, 3.63) is 41.5 Å². The molecule has 2 heteroatoms. The highest BCUT2D eigenvalue weighted by atomic mass is 14.5. The summed E-state index contributed by atoms with van der Waals surface area (Å²) in [6.07, 6.45) is 6.16. The normalized spacial score (nSPS) is 16.6. The van der Waals surface area contributed by atoms with Crippen molar-refractivity contribution in [3.63, 3.8) is 0 Å². The van der Waals surface area contributed by atoms with Gasteiger partial charge in [0.2, 0.25) is 0 Å². The number of benzene rings is 1. The van der Waals surface area contributed by atoms with Gasteiger partial charge in [-0.3, -0.25) is 0 Å². The molecule has 1 aliphatic carbocycles. The van der Waals surface area contributed by atoms with Crippen molar-refractivity contribution in [1.82, 2.24) is 0 Å². The van der Waals surface area contributed by atoms with Crippen LogP contribution in [-0.4, -0.2) is 0 Å². The van der Waals surface area contributed by atoms with E-state index in [0.29, 0.717) is 6.42 Å². The third-order valence-corrected chi connectivity index (χ3v) is 2.95. The molecule has 0 heterocycles.